The Balaban J connectivity index is 2.85. The molecule has 0 aliphatic heterocycles. The first-order valence-corrected chi connectivity index (χ1v) is 6.12. The van der Waals surface area contributed by atoms with Crippen molar-refractivity contribution in [2.24, 2.45) is 0 Å². The molecule has 0 fully saturated rings. The van der Waals surface area contributed by atoms with Gasteiger partial charge in [-0.15, -0.1) is 0 Å². The van der Waals surface area contributed by atoms with Crippen LogP contribution in [0.5, 0.6) is 0 Å². The molecule has 1 aromatic rings. The van der Waals surface area contributed by atoms with Crippen LogP contribution in [0, 0.1) is 18.8 Å². The van der Waals surface area contributed by atoms with Gasteiger partial charge in [0.1, 0.15) is 6.10 Å². The minimum atomic E-state index is -0.496. The highest BCUT2D eigenvalue weighted by Crippen LogP contribution is 2.14. The highest BCUT2D eigenvalue weighted by Gasteiger charge is 2.11. The fourth-order valence-electron chi connectivity index (χ4n) is 1.50. The lowest BCUT2D eigenvalue weighted by Crippen LogP contribution is -2.26. The molecule has 1 atom stereocenters. The molecular formula is C15H19NO3. The number of aryl methyl sites for hydroxylation is 1. The number of hydrogen-bond donors (Lipinski definition) is 2. The standard InChI is InChI=1S/C15H19NO3/c1-11-8-13(6-4-5-7-17)10-14(9-11)16-15(18)12(2)19-3/h8-10,12,17H,5,7H2,1-3H3,(H,16,18). The van der Waals surface area contributed by atoms with E-state index in [-0.39, 0.29) is 12.5 Å². The second kappa shape index (κ2) is 7.57. The molecule has 1 aromatic carbocycles. The lowest BCUT2D eigenvalue weighted by atomic mass is 10.1. The van der Waals surface area contributed by atoms with E-state index in [9.17, 15) is 4.79 Å². The molecule has 0 heterocycles. The van der Waals surface area contributed by atoms with Gasteiger partial charge in [0.2, 0.25) is 0 Å². The number of anilines is 1. The van der Waals surface area contributed by atoms with Gasteiger partial charge in [0.05, 0.1) is 6.61 Å². The first kappa shape index (κ1) is 15.2. The van der Waals surface area contributed by atoms with Gasteiger partial charge in [0.15, 0.2) is 0 Å². The van der Waals surface area contributed by atoms with Crippen molar-refractivity contribution in [1.29, 1.82) is 0 Å². The summed E-state index contributed by atoms with van der Waals surface area (Å²) in [5.74, 6) is 5.61. The van der Waals surface area contributed by atoms with Crippen LogP contribution in [0.3, 0.4) is 0 Å². The molecule has 0 aliphatic carbocycles. The minimum Gasteiger partial charge on any atom is -0.395 e. The molecule has 0 saturated heterocycles. The predicted molar refractivity (Wildman–Crippen MR) is 74.9 cm³/mol. The molecule has 0 spiro atoms. The summed E-state index contributed by atoms with van der Waals surface area (Å²) in [5.41, 5.74) is 2.52. The molecule has 4 heteroatoms. The first-order valence-electron chi connectivity index (χ1n) is 6.12. The smallest absolute Gasteiger partial charge is 0.253 e. The number of carbonyl (C=O) groups excluding carboxylic acids is 1. The summed E-state index contributed by atoms with van der Waals surface area (Å²) >= 11 is 0. The predicted octanol–water partition coefficient (Wildman–Crippen LogP) is 1.70. The van der Waals surface area contributed by atoms with Gasteiger partial charge < -0.3 is 15.2 Å². The Morgan fingerprint density at radius 2 is 2.21 bits per heavy atom. The number of aliphatic hydroxyl groups is 1. The zero-order chi connectivity index (χ0) is 14.3. The van der Waals surface area contributed by atoms with Crippen LogP contribution in [-0.2, 0) is 9.53 Å². The zero-order valence-electron chi connectivity index (χ0n) is 11.5. The van der Waals surface area contributed by atoms with Gasteiger partial charge in [-0.1, -0.05) is 11.8 Å². The second-order valence-electron chi connectivity index (χ2n) is 4.23. The maximum Gasteiger partial charge on any atom is 0.253 e. The topological polar surface area (TPSA) is 58.6 Å². The third kappa shape index (κ3) is 5.12. The van der Waals surface area contributed by atoms with E-state index in [0.717, 1.165) is 11.1 Å². The molecule has 0 aromatic heterocycles. The molecule has 1 amide bonds. The van der Waals surface area contributed by atoms with Gasteiger partial charge in [-0.3, -0.25) is 4.79 Å². The molecule has 19 heavy (non-hydrogen) atoms. The summed E-state index contributed by atoms with van der Waals surface area (Å²) in [6.45, 7) is 3.67. The lowest BCUT2D eigenvalue weighted by molar-refractivity contribution is -0.124. The van der Waals surface area contributed by atoms with Crippen molar-refractivity contribution >= 4 is 11.6 Å². The number of carbonyl (C=O) groups is 1. The van der Waals surface area contributed by atoms with E-state index in [1.807, 2.05) is 19.1 Å². The van der Waals surface area contributed by atoms with Crippen LogP contribution in [-0.4, -0.2) is 30.8 Å². The van der Waals surface area contributed by atoms with E-state index in [2.05, 4.69) is 17.2 Å². The van der Waals surface area contributed by atoms with E-state index in [0.29, 0.717) is 12.1 Å². The number of amides is 1. The van der Waals surface area contributed by atoms with Gasteiger partial charge in [0.25, 0.3) is 5.91 Å². The van der Waals surface area contributed by atoms with Crippen LogP contribution in [0.2, 0.25) is 0 Å². The van der Waals surface area contributed by atoms with Crippen LogP contribution in [0.25, 0.3) is 0 Å². The summed E-state index contributed by atoms with van der Waals surface area (Å²) in [4.78, 5) is 11.7. The van der Waals surface area contributed by atoms with E-state index < -0.39 is 6.10 Å². The van der Waals surface area contributed by atoms with Gasteiger partial charge in [-0.2, -0.15) is 0 Å². The molecule has 0 bridgehead atoms. The number of aliphatic hydroxyl groups excluding tert-OH is 1. The van der Waals surface area contributed by atoms with Crippen LogP contribution >= 0.6 is 0 Å². The third-order valence-corrected chi connectivity index (χ3v) is 2.54. The molecule has 0 saturated carbocycles. The van der Waals surface area contributed by atoms with Crippen molar-refractivity contribution in [2.75, 3.05) is 19.0 Å². The Kier molecular flexibility index (Phi) is 6.07. The van der Waals surface area contributed by atoms with E-state index >= 15 is 0 Å². The van der Waals surface area contributed by atoms with Gasteiger partial charge >= 0.3 is 0 Å². The van der Waals surface area contributed by atoms with Crippen molar-refractivity contribution in [3.63, 3.8) is 0 Å². The van der Waals surface area contributed by atoms with Crippen molar-refractivity contribution in [2.45, 2.75) is 26.4 Å². The summed E-state index contributed by atoms with van der Waals surface area (Å²) < 4.78 is 4.96. The highest BCUT2D eigenvalue weighted by molar-refractivity contribution is 5.94. The average Bonchev–Trinajstić information content (AvgIpc) is 2.37. The zero-order valence-corrected chi connectivity index (χ0v) is 11.5. The Hall–Kier alpha value is -1.83. The summed E-state index contributed by atoms with van der Waals surface area (Å²) in [6.07, 6.45) is -0.0551. The molecule has 2 N–H and O–H groups in total. The quantitative estimate of drug-likeness (QED) is 0.811. The Morgan fingerprint density at radius 1 is 1.47 bits per heavy atom. The fourth-order valence-corrected chi connectivity index (χ4v) is 1.50. The number of benzene rings is 1. The van der Waals surface area contributed by atoms with E-state index in [1.54, 1.807) is 13.0 Å². The normalized spacial score (nSPS) is 11.4. The van der Waals surface area contributed by atoms with E-state index in [4.69, 9.17) is 9.84 Å². The minimum absolute atomic E-state index is 0.0494. The summed E-state index contributed by atoms with van der Waals surface area (Å²) in [7, 11) is 1.49. The van der Waals surface area contributed by atoms with Gasteiger partial charge in [-0.05, 0) is 37.6 Å². The number of methoxy groups -OCH3 is 1. The van der Waals surface area contributed by atoms with Crippen LogP contribution < -0.4 is 5.32 Å². The molecule has 0 radical (unpaired) electrons. The Bertz CT molecular complexity index is 500. The van der Waals surface area contributed by atoms with Crippen LogP contribution in [0.4, 0.5) is 5.69 Å². The van der Waals surface area contributed by atoms with E-state index in [1.165, 1.54) is 7.11 Å². The number of hydrogen-bond acceptors (Lipinski definition) is 3. The Morgan fingerprint density at radius 3 is 2.84 bits per heavy atom. The monoisotopic (exact) mass is 261 g/mol. The number of rotatable bonds is 4. The van der Waals surface area contributed by atoms with Crippen molar-refractivity contribution in [3.05, 3.63) is 29.3 Å². The second-order valence-corrected chi connectivity index (χ2v) is 4.23. The average molecular weight is 261 g/mol. The summed E-state index contributed by atoms with van der Waals surface area (Å²) in [6, 6.07) is 5.61. The van der Waals surface area contributed by atoms with Crippen LogP contribution in [0.1, 0.15) is 24.5 Å². The summed E-state index contributed by atoms with van der Waals surface area (Å²) in [5, 5.41) is 11.5. The number of nitrogens with one attached hydrogen (secondary N) is 1. The first-order chi connectivity index (χ1) is 9.06. The molecule has 4 nitrogen and oxygen atoms in total. The van der Waals surface area contributed by atoms with Crippen molar-refractivity contribution < 1.29 is 14.6 Å². The Labute approximate surface area is 113 Å². The van der Waals surface area contributed by atoms with Crippen LogP contribution in [0.15, 0.2) is 18.2 Å². The van der Waals surface area contributed by atoms with Crippen molar-refractivity contribution in [1.82, 2.24) is 0 Å². The highest BCUT2D eigenvalue weighted by atomic mass is 16.5. The third-order valence-electron chi connectivity index (χ3n) is 2.54. The molecule has 1 unspecified atom stereocenters. The SMILES string of the molecule is COC(C)C(=O)Nc1cc(C)cc(C#CCCO)c1. The molecule has 1 rings (SSSR count). The molecule has 0 aliphatic rings. The van der Waals surface area contributed by atoms with Crippen molar-refractivity contribution in [3.8, 4) is 11.8 Å². The van der Waals surface area contributed by atoms with Gasteiger partial charge in [0, 0.05) is 24.8 Å². The molecular weight excluding hydrogens is 242 g/mol. The fraction of sp³-hybridized carbons (Fsp3) is 0.400. The maximum absolute atomic E-state index is 11.7. The lowest BCUT2D eigenvalue weighted by Gasteiger charge is -2.11. The molecule has 102 valence electrons. The largest absolute Gasteiger partial charge is 0.395 e. The number of ether oxygens (including phenoxy) is 1. The van der Waals surface area contributed by atoms with Gasteiger partial charge in [-0.25, -0.2) is 0 Å². The maximum atomic E-state index is 11.7.